The van der Waals surface area contributed by atoms with Crippen molar-refractivity contribution in [3.8, 4) is 0 Å². The molecule has 6 heteroatoms. The van der Waals surface area contributed by atoms with Gasteiger partial charge in [0, 0.05) is 44.1 Å². The van der Waals surface area contributed by atoms with Crippen LogP contribution >= 0.6 is 15.9 Å². The fourth-order valence-corrected chi connectivity index (χ4v) is 4.35. The highest BCUT2D eigenvalue weighted by Gasteiger charge is 2.26. The summed E-state index contributed by atoms with van der Waals surface area (Å²) in [6, 6.07) is 6.22. The van der Waals surface area contributed by atoms with Gasteiger partial charge in [-0.25, -0.2) is 0 Å². The van der Waals surface area contributed by atoms with Crippen LogP contribution in [0.3, 0.4) is 0 Å². The average molecular weight is 414 g/mol. The first-order valence-electron chi connectivity index (χ1n) is 8.58. The quantitative estimate of drug-likeness (QED) is 0.614. The molecule has 3 aromatic rings. The van der Waals surface area contributed by atoms with Crippen molar-refractivity contribution in [2.45, 2.75) is 19.9 Å². The van der Waals surface area contributed by atoms with E-state index in [9.17, 15) is 9.59 Å². The molecule has 0 saturated heterocycles. The van der Waals surface area contributed by atoms with Gasteiger partial charge in [0.1, 0.15) is 0 Å². The molecule has 1 aliphatic rings. The van der Waals surface area contributed by atoms with Crippen molar-refractivity contribution in [3.63, 3.8) is 0 Å². The standard InChI is InChI=1S/C20H20BrN3O2/c1-12-9-23(3)20(26)17-16(11-22(2)18(12)17)19(25)24-7-6-13-4-5-15(21)8-14(13)10-24/h4-5,8-9,11H,6-7,10H2,1-3H3. The lowest BCUT2D eigenvalue weighted by Gasteiger charge is -2.29. The van der Waals surface area contributed by atoms with Crippen LogP contribution in [0.5, 0.6) is 0 Å². The largest absolute Gasteiger partial charge is 0.349 e. The van der Waals surface area contributed by atoms with E-state index in [4.69, 9.17) is 0 Å². The van der Waals surface area contributed by atoms with Crippen molar-refractivity contribution < 1.29 is 4.79 Å². The molecule has 0 saturated carbocycles. The molecule has 0 spiro atoms. The topological polar surface area (TPSA) is 47.2 Å². The number of nitrogens with zero attached hydrogens (tertiary/aromatic N) is 3. The maximum atomic E-state index is 13.2. The average Bonchev–Trinajstić information content (AvgIpc) is 2.96. The van der Waals surface area contributed by atoms with Gasteiger partial charge in [-0.2, -0.15) is 0 Å². The minimum absolute atomic E-state index is 0.0797. The van der Waals surface area contributed by atoms with Crippen LogP contribution in [-0.2, 0) is 27.1 Å². The molecule has 0 aliphatic carbocycles. The molecule has 0 bridgehead atoms. The Kier molecular flexibility index (Phi) is 4.03. The van der Waals surface area contributed by atoms with E-state index in [2.05, 4.69) is 28.1 Å². The first kappa shape index (κ1) is 17.1. The van der Waals surface area contributed by atoms with E-state index < -0.39 is 0 Å². The Balaban J connectivity index is 1.79. The molecular formula is C20H20BrN3O2. The number of aryl methyl sites for hydroxylation is 3. The van der Waals surface area contributed by atoms with Crippen molar-refractivity contribution in [3.05, 3.63) is 67.7 Å². The summed E-state index contributed by atoms with van der Waals surface area (Å²) in [5.41, 5.74) is 4.61. The van der Waals surface area contributed by atoms with Crippen LogP contribution in [0.4, 0.5) is 0 Å². The molecule has 1 aliphatic heterocycles. The summed E-state index contributed by atoms with van der Waals surface area (Å²) < 4.78 is 4.45. The van der Waals surface area contributed by atoms with Crippen LogP contribution in [0.2, 0.25) is 0 Å². The van der Waals surface area contributed by atoms with Crippen LogP contribution in [0.25, 0.3) is 10.9 Å². The van der Waals surface area contributed by atoms with Crippen molar-refractivity contribution >= 4 is 32.7 Å². The number of pyridine rings is 1. The highest BCUT2D eigenvalue weighted by atomic mass is 79.9. The van der Waals surface area contributed by atoms with Crippen LogP contribution in [0.15, 0.2) is 39.9 Å². The summed E-state index contributed by atoms with van der Waals surface area (Å²) in [5, 5.41) is 0.514. The number of amides is 1. The Morgan fingerprint density at radius 1 is 1.12 bits per heavy atom. The number of carbonyl (C=O) groups is 1. The number of rotatable bonds is 1. The summed E-state index contributed by atoms with van der Waals surface area (Å²) >= 11 is 3.50. The van der Waals surface area contributed by atoms with E-state index in [1.54, 1.807) is 17.8 Å². The molecule has 4 rings (SSSR count). The van der Waals surface area contributed by atoms with Gasteiger partial charge in [-0.1, -0.05) is 22.0 Å². The molecule has 0 radical (unpaired) electrons. The summed E-state index contributed by atoms with van der Waals surface area (Å²) in [6.07, 6.45) is 4.43. The van der Waals surface area contributed by atoms with Crippen LogP contribution < -0.4 is 5.56 Å². The van der Waals surface area contributed by atoms with E-state index >= 15 is 0 Å². The second-order valence-corrected chi connectivity index (χ2v) is 7.91. The molecule has 0 N–H and O–H groups in total. The number of hydrogen-bond acceptors (Lipinski definition) is 2. The first-order valence-corrected chi connectivity index (χ1v) is 9.38. The van der Waals surface area contributed by atoms with Crippen molar-refractivity contribution in [2.75, 3.05) is 6.54 Å². The Hall–Kier alpha value is -2.34. The molecule has 0 fully saturated rings. The predicted octanol–water partition coefficient (Wildman–Crippen LogP) is 3.15. The minimum atomic E-state index is -0.130. The molecule has 0 unspecified atom stereocenters. The fourth-order valence-electron chi connectivity index (χ4n) is 3.94. The van der Waals surface area contributed by atoms with Gasteiger partial charge < -0.3 is 14.0 Å². The fraction of sp³-hybridized carbons (Fsp3) is 0.300. The lowest BCUT2D eigenvalue weighted by atomic mass is 9.99. The van der Waals surface area contributed by atoms with E-state index in [0.717, 1.165) is 27.5 Å². The Labute approximate surface area is 160 Å². The molecule has 0 atom stereocenters. The monoisotopic (exact) mass is 413 g/mol. The maximum Gasteiger partial charge on any atom is 0.260 e. The van der Waals surface area contributed by atoms with Crippen molar-refractivity contribution in [1.29, 1.82) is 0 Å². The van der Waals surface area contributed by atoms with Gasteiger partial charge >= 0.3 is 0 Å². The third-order valence-corrected chi connectivity index (χ3v) is 5.67. The first-order chi connectivity index (χ1) is 12.4. The summed E-state index contributed by atoms with van der Waals surface area (Å²) in [7, 11) is 3.61. The van der Waals surface area contributed by atoms with Gasteiger partial charge in [-0.15, -0.1) is 0 Å². The second kappa shape index (κ2) is 6.13. The van der Waals surface area contributed by atoms with Crippen molar-refractivity contribution in [1.82, 2.24) is 14.0 Å². The molecule has 1 amide bonds. The smallest absolute Gasteiger partial charge is 0.260 e. The number of aromatic nitrogens is 2. The third-order valence-electron chi connectivity index (χ3n) is 5.17. The van der Waals surface area contributed by atoms with E-state index in [1.807, 2.05) is 35.7 Å². The highest BCUT2D eigenvalue weighted by molar-refractivity contribution is 9.10. The number of halogens is 1. The zero-order valence-electron chi connectivity index (χ0n) is 15.0. The van der Waals surface area contributed by atoms with E-state index in [0.29, 0.717) is 24.0 Å². The normalized spacial score (nSPS) is 13.9. The Bertz CT molecular complexity index is 1110. The van der Waals surface area contributed by atoms with Crippen molar-refractivity contribution in [2.24, 2.45) is 14.1 Å². The molecule has 3 heterocycles. The van der Waals surface area contributed by atoms with Gasteiger partial charge in [0.15, 0.2) is 0 Å². The molecule has 26 heavy (non-hydrogen) atoms. The summed E-state index contributed by atoms with van der Waals surface area (Å²) in [4.78, 5) is 27.8. The van der Waals surface area contributed by atoms with E-state index in [-0.39, 0.29) is 11.5 Å². The molecule has 5 nitrogen and oxygen atoms in total. The maximum absolute atomic E-state index is 13.2. The third kappa shape index (κ3) is 2.60. The highest BCUT2D eigenvalue weighted by Crippen LogP contribution is 2.26. The van der Waals surface area contributed by atoms with Crippen LogP contribution in [0, 0.1) is 6.92 Å². The van der Waals surface area contributed by atoms with Crippen LogP contribution in [-0.4, -0.2) is 26.5 Å². The van der Waals surface area contributed by atoms with Gasteiger partial charge in [0.2, 0.25) is 0 Å². The number of hydrogen-bond donors (Lipinski definition) is 0. The zero-order valence-corrected chi connectivity index (χ0v) is 16.6. The molecule has 2 aromatic heterocycles. The molecule has 134 valence electrons. The van der Waals surface area contributed by atoms with Gasteiger partial charge in [-0.3, -0.25) is 9.59 Å². The van der Waals surface area contributed by atoms with Gasteiger partial charge in [0.25, 0.3) is 11.5 Å². The number of benzene rings is 1. The zero-order chi connectivity index (χ0) is 18.6. The van der Waals surface area contributed by atoms with Gasteiger partial charge in [0.05, 0.1) is 16.5 Å². The Morgan fingerprint density at radius 2 is 1.88 bits per heavy atom. The lowest BCUT2D eigenvalue weighted by molar-refractivity contribution is 0.0736. The van der Waals surface area contributed by atoms with Crippen LogP contribution in [0.1, 0.15) is 27.0 Å². The molecular weight excluding hydrogens is 394 g/mol. The summed E-state index contributed by atoms with van der Waals surface area (Å²) in [5.74, 6) is -0.0797. The predicted molar refractivity (Wildman–Crippen MR) is 105 cm³/mol. The molecule has 1 aromatic carbocycles. The SMILES string of the molecule is Cc1cn(C)c(=O)c2c(C(=O)N3CCc4ccc(Br)cc4C3)cn(C)c12. The number of fused-ring (bicyclic) bond motifs is 2. The number of carbonyl (C=O) groups excluding carboxylic acids is 1. The summed E-state index contributed by atoms with van der Waals surface area (Å²) in [6.45, 7) is 3.19. The van der Waals surface area contributed by atoms with Gasteiger partial charge in [-0.05, 0) is 42.2 Å². The minimum Gasteiger partial charge on any atom is -0.349 e. The second-order valence-electron chi connectivity index (χ2n) is 7.00. The Morgan fingerprint density at radius 3 is 2.65 bits per heavy atom. The lowest BCUT2D eigenvalue weighted by Crippen LogP contribution is -2.36. The van der Waals surface area contributed by atoms with E-state index in [1.165, 1.54) is 5.56 Å².